The molecule has 9 nitrogen and oxygen atoms in total. The van der Waals surface area contributed by atoms with Crippen molar-refractivity contribution >= 4 is 27.5 Å². The van der Waals surface area contributed by atoms with E-state index in [9.17, 15) is 14.7 Å². The minimum atomic E-state index is -0.746. The predicted molar refractivity (Wildman–Crippen MR) is 140 cm³/mol. The number of thiophene rings is 1. The van der Waals surface area contributed by atoms with Crippen molar-refractivity contribution < 1.29 is 24.1 Å². The Morgan fingerprint density at radius 1 is 1.25 bits per heavy atom. The minimum Gasteiger partial charge on any atom is -0.491 e. The average molecular weight is 518 g/mol. The summed E-state index contributed by atoms with van der Waals surface area (Å²) in [6.45, 7) is 9.23. The van der Waals surface area contributed by atoms with Gasteiger partial charge in [-0.15, -0.1) is 11.3 Å². The summed E-state index contributed by atoms with van der Waals surface area (Å²) in [5.74, 6) is 0.741. The fourth-order valence-corrected chi connectivity index (χ4v) is 4.94. The van der Waals surface area contributed by atoms with E-state index < -0.39 is 12.1 Å². The molecular weight excluding hydrogens is 482 g/mol. The number of benzene rings is 1. The molecule has 196 valence electrons. The number of methoxy groups -OCH3 is 1. The van der Waals surface area contributed by atoms with Crippen LogP contribution in [0.3, 0.4) is 0 Å². The summed E-state index contributed by atoms with van der Waals surface area (Å²) in [5.41, 5.74) is 1.27. The second-order valence-corrected chi connectivity index (χ2v) is 10.0. The minimum absolute atomic E-state index is 0.139. The SMILES string of the molecule is COCCCN(Cc1nc2sc(C(=O)OC(C)C)c(C)c2c(=O)[nH]1)CC(O)COc1ccccc1C. The van der Waals surface area contributed by atoms with E-state index in [0.717, 1.165) is 29.1 Å². The number of esters is 1. The van der Waals surface area contributed by atoms with E-state index in [0.29, 0.717) is 52.7 Å². The van der Waals surface area contributed by atoms with E-state index in [1.54, 1.807) is 27.9 Å². The highest BCUT2D eigenvalue weighted by molar-refractivity contribution is 7.20. The van der Waals surface area contributed by atoms with Crippen molar-refractivity contribution in [3.63, 3.8) is 0 Å². The topological polar surface area (TPSA) is 114 Å². The van der Waals surface area contributed by atoms with Crippen LogP contribution in [0, 0.1) is 13.8 Å². The monoisotopic (exact) mass is 517 g/mol. The number of carbonyl (C=O) groups is 1. The van der Waals surface area contributed by atoms with Gasteiger partial charge >= 0.3 is 5.97 Å². The van der Waals surface area contributed by atoms with Crippen LogP contribution in [0.15, 0.2) is 29.1 Å². The van der Waals surface area contributed by atoms with E-state index >= 15 is 0 Å². The third kappa shape index (κ3) is 7.36. The normalized spacial score (nSPS) is 12.4. The number of nitrogens with zero attached hydrogens (tertiary/aromatic N) is 2. The number of aromatic amines is 1. The summed E-state index contributed by atoms with van der Waals surface area (Å²) in [6.07, 6.45) is -0.257. The van der Waals surface area contributed by atoms with Gasteiger partial charge in [0.1, 0.15) is 34.0 Å². The van der Waals surface area contributed by atoms with Gasteiger partial charge in [-0.1, -0.05) is 18.2 Å². The van der Waals surface area contributed by atoms with E-state index in [2.05, 4.69) is 9.97 Å². The van der Waals surface area contributed by atoms with Crippen LogP contribution in [0.5, 0.6) is 5.75 Å². The lowest BCUT2D eigenvalue weighted by Gasteiger charge is -2.24. The molecule has 0 bridgehead atoms. The van der Waals surface area contributed by atoms with E-state index in [1.807, 2.05) is 36.1 Å². The summed E-state index contributed by atoms with van der Waals surface area (Å²) in [7, 11) is 1.64. The summed E-state index contributed by atoms with van der Waals surface area (Å²) >= 11 is 1.16. The van der Waals surface area contributed by atoms with E-state index in [1.165, 1.54) is 0 Å². The quantitative estimate of drug-likeness (QED) is 0.262. The highest BCUT2D eigenvalue weighted by atomic mass is 32.1. The lowest BCUT2D eigenvalue weighted by molar-refractivity contribution is 0.0383. The van der Waals surface area contributed by atoms with Crippen LogP contribution in [0.25, 0.3) is 10.2 Å². The molecule has 1 aromatic carbocycles. The van der Waals surface area contributed by atoms with Gasteiger partial charge in [0.2, 0.25) is 0 Å². The number of aliphatic hydroxyl groups is 1. The van der Waals surface area contributed by atoms with Crippen LogP contribution in [0.4, 0.5) is 0 Å². The number of aryl methyl sites for hydroxylation is 2. The van der Waals surface area contributed by atoms with Crippen LogP contribution in [-0.4, -0.2) is 71.6 Å². The molecule has 3 aromatic rings. The Morgan fingerprint density at radius 3 is 2.69 bits per heavy atom. The summed E-state index contributed by atoms with van der Waals surface area (Å²) in [6, 6.07) is 7.66. The summed E-state index contributed by atoms with van der Waals surface area (Å²) < 4.78 is 16.3. The first-order chi connectivity index (χ1) is 17.2. The number of nitrogens with one attached hydrogen (secondary N) is 1. The molecule has 2 N–H and O–H groups in total. The predicted octanol–water partition coefficient (Wildman–Crippen LogP) is 3.45. The first-order valence-corrected chi connectivity index (χ1v) is 12.8. The average Bonchev–Trinajstić information content (AvgIpc) is 3.15. The molecular formula is C26H35N3O6S. The Bertz CT molecular complexity index is 1220. The van der Waals surface area contributed by atoms with Crippen molar-refractivity contribution in [3.8, 4) is 5.75 Å². The van der Waals surface area contributed by atoms with E-state index in [-0.39, 0.29) is 18.3 Å². The van der Waals surface area contributed by atoms with Crippen LogP contribution < -0.4 is 10.3 Å². The van der Waals surface area contributed by atoms with Crippen molar-refractivity contribution in [1.82, 2.24) is 14.9 Å². The number of hydrogen-bond acceptors (Lipinski definition) is 9. The van der Waals surface area contributed by atoms with Gasteiger partial charge in [0.25, 0.3) is 5.56 Å². The number of rotatable bonds is 13. The molecule has 0 spiro atoms. The number of aliphatic hydroxyl groups excluding tert-OH is 1. The molecule has 0 saturated carbocycles. The maximum absolute atomic E-state index is 12.9. The maximum Gasteiger partial charge on any atom is 0.348 e. The van der Waals surface area contributed by atoms with Crippen LogP contribution in [-0.2, 0) is 16.0 Å². The Labute approximate surface area is 215 Å². The first kappa shape index (κ1) is 27.8. The number of aromatic nitrogens is 2. The maximum atomic E-state index is 12.9. The molecule has 0 fully saturated rings. The summed E-state index contributed by atoms with van der Waals surface area (Å²) in [5, 5.41) is 11.1. The Kier molecular flexibility index (Phi) is 10.0. The van der Waals surface area contributed by atoms with E-state index in [4.69, 9.17) is 14.2 Å². The highest BCUT2D eigenvalue weighted by Crippen LogP contribution is 2.28. The first-order valence-electron chi connectivity index (χ1n) is 12.0. The molecule has 0 aliphatic heterocycles. The fourth-order valence-electron chi connectivity index (χ4n) is 3.86. The van der Waals surface area contributed by atoms with Crippen LogP contribution in [0.1, 0.15) is 46.9 Å². The molecule has 0 aliphatic rings. The van der Waals surface area contributed by atoms with Gasteiger partial charge in [0, 0.05) is 26.8 Å². The third-order valence-corrected chi connectivity index (χ3v) is 6.73. The zero-order valence-corrected chi connectivity index (χ0v) is 22.3. The van der Waals surface area contributed by atoms with Gasteiger partial charge < -0.3 is 24.3 Å². The van der Waals surface area contributed by atoms with Crippen LogP contribution >= 0.6 is 11.3 Å². The smallest absolute Gasteiger partial charge is 0.348 e. The Balaban J connectivity index is 1.75. The molecule has 2 aromatic heterocycles. The number of para-hydroxylation sites is 1. The molecule has 0 saturated heterocycles. The van der Waals surface area contributed by atoms with Gasteiger partial charge in [-0.3, -0.25) is 9.69 Å². The number of carbonyl (C=O) groups excluding carboxylic acids is 1. The molecule has 36 heavy (non-hydrogen) atoms. The van der Waals surface area contributed by atoms with Gasteiger partial charge in [0.15, 0.2) is 0 Å². The Morgan fingerprint density at radius 2 is 2.00 bits per heavy atom. The van der Waals surface area contributed by atoms with Gasteiger partial charge in [-0.25, -0.2) is 9.78 Å². The zero-order chi connectivity index (χ0) is 26.2. The van der Waals surface area contributed by atoms with Gasteiger partial charge in [-0.2, -0.15) is 0 Å². The number of fused-ring (bicyclic) bond motifs is 1. The molecule has 0 radical (unpaired) electrons. The number of H-pyrrole nitrogens is 1. The summed E-state index contributed by atoms with van der Waals surface area (Å²) in [4.78, 5) is 35.7. The zero-order valence-electron chi connectivity index (χ0n) is 21.5. The largest absolute Gasteiger partial charge is 0.491 e. The molecule has 3 rings (SSSR count). The van der Waals surface area contributed by atoms with Gasteiger partial charge in [0.05, 0.1) is 18.0 Å². The Hall–Kier alpha value is -2.79. The second-order valence-electron chi connectivity index (χ2n) is 9.01. The van der Waals surface area contributed by atoms with Crippen molar-refractivity contribution in [2.75, 3.05) is 33.4 Å². The van der Waals surface area contributed by atoms with Gasteiger partial charge in [-0.05, 0) is 51.3 Å². The molecule has 1 unspecified atom stereocenters. The van der Waals surface area contributed by atoms with Crippen molar-refractivity contribution in [2.45, 2.75) is 52.9 Å². The highest BCUT2D eigenvalue weighted by Gasteiger charge is 2.22. The van der Waals surface area contributed by atoms with Crippen molar-refractivity contribution in [1.29, 1.82) is 0 Å². The number of hydrogen-bond donors (Lipinski definition) is 2. The van der Waals surface area contributed by atoms with Crippen molar-refractivity contribution in [3.05, 3.63) is 56.4 Å². The third-order valence-electron chi connectivity index (χ3n) is 5.57. The fraction of sp³-hybridized carbons (Fsp3) is 0.500. The molecule has 1 atom stereocenters. The second kappa shape index (κ2) is 13.0. The standard InChI is InChI=1S/C26H35N3O6S/c1-16(2)35-26(32)23-18(4)22-24(31)27-21(28-25(22)36-23)14-29(11-8-12-33-5)13-19(30)15-34-20-10-7-6-9-17(20)3/h6-7,9-10,16,19,30H,8,11-15H2,1-5H3,(H,27,28,31). The number of ether oxygens (including phenoxy) is 3. The lowest BCUT2D eigenvalue weighted by atomic mass is 10.2. The molecule has 2 heterocycles. The van der Waals surface area contributed by atoms with Crippen LogP contribution in [0.2, 0.25) is 0 Å². The molecule has 10 heteroatoms. The molecule has 0 amide bonds. The lowest BCUT2D eigenvalue weighted by Crippen LogP contribution is -2.37. The van der Waals surface area contributed by atoms with Crippen molar-refractivity contribution in [2.24, 2.45) is 0 Å². The molecule has 0 aliphatic carbocycles.